The molecule has 0 saturated carbocycles. The molecule has 0 aliphatic heterocycles. The molecule has 3 aromatic heterocycles. The van der Waals surface area contributed by atoms with Gasteiger partial charge in [0.05, 0.1) is 12.3 Å². The van der Waals surface area contributed by atoms with Gasteiger partial charge in [0.1, 0.15) is 11.2 Å². The zero-order valence-corrected chi connectivity index (χ0v) is 29.0. The van der Waals surface area contributed by atoms with Crippen LogP contribution in [0.15, 0.2) is 180 Å². The highest BCUT2D eigenvalue weighted by atomic mass is 32.1. The first kappa shape index (κ1) is 22.9. The summed E-state index contributed by atoms with van der Waals surface area (Å²) in [5, 5.41) is 2.42. The fourth-order valence-electron chi connectivity index (χ4n) is 7.17. The molecule has 5 heteroatoms. The molecular weight excluding hydrogens is 679 g/mol. The molecule has 8 aromatic carbocycles. The van der Waals surface area contributed by atoms with Crippen molar-refractivity contribution in [3.8, 4) is 56.4 Å². The van der Waals surface area contributed by atoms with Crippen LogP contribution in [-0.2, 0) is 0 Å². The fourth-order valence-corrected chi connectivity index (χ4v) is 8.29. The number of hydrogen-bond donors (Lipinski definition) is 0. The summed E-state index contributed by atoms with van der Waals surface area (Å²) in [6.45, 7) is 0. The Balaban J connectivity index is 1.12. The minimum atomic E-state index is -0.508. The van der Waals surface area contributed by atoms with Crippen molar-refractivity contribution in [1.82, 2.24) is 15.0 Å². The van der Waals surface area contributed by atoms with Crippen molar-refractivity contribution < 1.29 is 16.8 Å². The smallest absolute Gasteiger partial charge is 0.164 e. The molecule has 0 spiro atoms. The second-order valence-corrected chi connectivity index (χ2v) is 13.9. The van der Waals surface area contributed by atoms with Gasteiger partial charge in [0.2, 0.25) is 0 Å². The quantitative estimate of drug-likeness (QED) is 0.178. The lowest BCUT2D eigenvalue weighted by Gasteiger charge is -2.10. The van der Waals surface area contributed by atoms with Crippen LogP contribution >= 0.6 is 11.3 Å². The molecule has 0 aliphatic carbocycles. The molecule has 0 bridgehead atoms. The van der Waals surface area contributed by atoms with Crippen LogP contribution in [0.1, 0.15) is 12.3 Å². The van der Waals surface area contributed by atoms with Gasteiger partial charge in [0.15, 0.2) is 17.5 Å². The predicted octanol–water partition coefficient (Wildman–Crippen LogP) is 13.6. The van der Waals surface area contributed by atoms with Gasteiger partial charge in [-0.05, 0) is 63.3 Å². The van der Waals surface area contributed by atoms with Gasteiger partial charge in [-0.3, -0.25) is 0 Å². The Bertz CT molecular complexity index is 3740. The van der Waals surface area contributed by atoms with E-state index >= 15 is 0 Å². The highest BCUT2D eigenvalue weighted by Gasteiger charge is 2.18. The van der Waals surface area contributed by atoms with Crippen molar-refractivity contribution in [2.24, 2.45) is 0 Å². The molecule has 0 amide bonds. The third-order valence-corrected chi connectivity index (χ3v) is 10.8. The average Bonchev–Trinajstić information content (AvgIpc) is 3.90. The molecule has 0 N–H and O–H groups in total. The molecule has 54 heavy (non-hydrogen) atoms. The van der Waals surface area contributed by atoms with E-state index in [9.17, 15) is 2.74 Å². The maximum absolute atomic E-state index is 9.25. The van der Waals surface area contributed by atoms with E-state index < -0.39 is 18.1 Å². The molecule has 0 unspecified atom stereocenters. The number of thiophene rings is 1. The molecular formula is C49H29N3OS. The summed E-state index contributed by atoms with van der Waals surface area (Å²) in [4.78, 5) is 14.9. The maximum atomic E-state index is 9.25. The second kappa shape index (κ2) is 12.3. The van der Waals surface area contributed by atoms with E-state index in [1.165, 1.54) is 0 Å². The first-order valence-corrected chi connectivity index (χ1v) is 18.1. The highest BCUT2D eigenvalue weighted by Crippen LogP contribution is 2.43. The van der Waals surface area contributed by atoms with Crippen LogP contribution in [0, 0.1) is 0 Å². The molecule has 0 radical (unpaired) electrons. The first-order valence-electron chi connectivity index (χ1n) is 21.8. The number of furan rings is 1. The van der Waals surface area contributed by atoms with Gasteiger partial charge in [-0.2, -0.15) is 0 Å². The average molecular weight is 717 g/mol. The van der Waals surface area contributed by atoms with E-state index in [1.54, 1.807) is 18.2 Å². The van der Waals surface area contributed by atoms with Crippen LogP contribution < -0.4 is 0 Å². The zero-order chi connectivity index (χ0) is 43.4. The van der Waals surface area contributed by atoms with E-state index in [4.69, 9.17) is 29.0 Å². The topological polar surface area (TPSA) is 51.8 Å². The summed E-state index contributed by atoms with van der Waals surface area (Å²) in [5.41, 5.74) is 6.31. The Hall–Kier alpha value is -6.95. The van der Waals surface area contributed by atoms with Crippen LogP contribution in [-0.4, -0.2) is 15.0 Å². The summed E-state index contributed by atoms with van der Waals surface area (Å²) in [6, 6.07) is 35.5. The molecule has 3 heterocycles. The van der Waals surface area contributed by atoms with Crippen molar-refractivity contribution in [3.05, 3.63) is 176 Å². The SMILES string of the molecule is [2H]c1c([2H])c(-c2cccc(-c3nc(-c4ccccc4)nc(-c4ccc5c(c4)oc4cccc(-c6ccccc6)c45)n3)c2)c2c(sc3c4c([2H])c([2H])c([2H])c([2H])c4c([2H])c([2H])c32)c1[2H]. The third kappa shape index (κ3) is 5.01. The molecule has 11 rings (SSSR count). The van der Waals surface area contributed by atoms with Gasteiger partial charge in [-0.1, -0.05) is 145 Å². The van der Waals surface area contributed by atoms with Gasteiger partial charge >= 0.3 is 0 Å². The number of hydrogen-bond acceptors (Lipinski definition) is 5. The number of fused-ring (bicyclic) bond motifs is 8. The molecule has 4 nitrogen and oxygen atoms in total. The summed E-state index contributed by atoms with van der Waals surface area (Å²) in [6.07, 6.45) is 0. The first-order chi connectivity index (χ1) is 30.5. The van der Waals surface area contributed by atoms with E-state index in [1.807, 2.05) is 84.9 Å². The molecule has 0 atom stereocenters. The second-order valence-electron chi connectivity index (χ2n) is 12.9. The number of benzene rings is 8. The van der Waals surface area contributed by atoms with Gasteiger partial charge < -0.3 is 4.42 Å². The van der Waals surface area contributed by atoms with E-state index in [0.29, 0.717) is 45.1 Å². The zero-order valence-electron chi connectivity index (χ0n) is 37.2. The molecule has 0 fully saturated rings. The van der Waals surface area contributed by atoms with Crippen LogP contribution in [0.5, 0.6) is 0 Å². The molecule has 0 aliphatic rings. The van der Waals surface area contributed by atoms with Crippen LogP contribution in [0.4, 0.5) is 0 Å². The Labute approximate surface area is 327 Å². The Morgan fingerprint density at radius 3 is 1.98 bits per heavy atom. The van der Waals surface area contributed by atoms with Gasteiger partial charge in [0, 0.05) is 47.6 Å². The lowest BCUT2D eigenvalue weighted by Crippen LogP contribution is -2.00. The lowest BCUT2D eigenvalue weighted by atomic mass is 9.97. The van der Waals surface area contributed by atoms with Crippen molar-refractivity contribution in [1.29, 1.82) is 0 Å². The Kier molecular flexibility index (Phi) is 5.22. The van der Waals surface area contributed by atoms with Crippen molar-refractivity contribution in [3.63, 3.8) is 0 Å². The summed E-state index contributed by atoms with van der Waals surface area (Å²) in [5.74, 6) is 1.15. The monoisotopic (exact) mass is 716 g/mol. The number of aromatic nitrogens is 3. The predicted molar refractivity (Wildman–Crippen MR) is 225 cm³/mol. The summed E-state index contributed by atoms with van der Waals surface area (Å²) < 4.78 is 86.3. The Morgan fingerprint density at radius 2 is 1.15 bits per heavy atom. The van der Waals surface area contributed by atoms with Gasteiger partial charge in [-0.25, -0.2) is 15.0 Å². The van der Waals surface area contributed by atoms with Crippen molar-refractivity contribution in [2.75, 3.05) is 0 Å². The van der Waals surface area contributed by atoms with Gasteiger partial charge in [-0.15, -0.1) is 11.3 Å². The molecule has 11 aromatic rings. The minimum absolute atomic E-state index is 0.0685. The largest absolute Gasteiger partial charge is 0.456 e. The number of nitrogens with zero attached hydrogens (tertiary/aromatic N) is 3. The van der Waals surface area contributed by atoms with Gasteiger partial charge in [0.25, 0.3) is 0 Å². The highest BCUT2D eigenvalue weighted by molar-refractivity contribution is 7.26. The van der Waals surface area contributed by atoms with Crippen molar-refractivity contribution in [2.45, 2.75) is 0 Å². The minimum Gasteiger partial charge on any atom is -0.456 e. The molecule has 252 valence electrons. The van der Waals surface area contributed by atoms with Crippen molar-refractivity contribution >= 4 is 64.2 Å². The van der Waals surface area contributed by atoms with E-state index in [0.717, 1.165) is 44.4 Å². The third-order valence-electron chi connectivity index (χ3n) is 9.67. The molecule has 0 saturated heterocycles. The number of rotatable bonds is 5. The van der Waals surface area contributed by atoms with E-state index in [2.05, 4.69) is 18.2 Å². The standard InChI is InChI=1S/C49H29N3OS/c1-3-12-30(13-4-1)36-20-10-22-41-44(36)39-26-25-35(29-42(39)53-41)49-51-47(32-15-5-2-6-16-32)50-48(52-49)34-18-9-17-33(28-34)37-21-11-23-43-45(37)40-27-24-31-14-7-8-19-38(31)46(40)54-43/h1-29H/i7D,8D,11D,14D,19D,21D,23D,24D,27D. The normalized spacial score (nSPS) is 14.0. The fraction of sp³-hybridized carbons (Fsp3) is 0. The maximum Gasteiger partial charge on any atom is 0.164 e. The summed E-state index contributed by atoms with van der Waals surface area (Å²) >= 11 is 1.03. The summed E-state index contributed by atoms with van der Waals surface area (Å²) in [7, 11) is 0. The van der Waals surface area contributed by atoms with Crippen LogP contribution in [0.3, 0.4) is 0 Å². The van der Waals surface area contributed by atoms with Crippen LogP contribution in [0.25, 0.3) is 109 Å². The van der Waals surface area contributed by atoms with E-state index in [-0.39, 0.29) is 67.4 Å². The Morgan fingerprint density at radius 1 is 0.444 bits per heavy atom. The lowest BCUT2D eigenvalue weighted by molar-refractivity contribution is 0.669. The van der Waals surface area contributed by atoms with Crippen LogP contribution in [0.2, 0.25) is 0 Å².